The van der Waals surface area contributed by atoms with Crippen LogP contribution in [0.1, 0.15) is 26.3 Å². The van der Waals surface area contributed by atoms with Gasteiger partial charge in [0.15, 0.2) is 5.17 Å². The molecule has 0 saturated carbocycles. The predicted molar refractivity (Wildman–Crippen MR) is 83.5 cm³/mol. The second kappa shape index (κ2) is 5.45. The predicted octanol–water partition coefficient (Wildman–Crippen LogP) is 3.64. The van der Waals surface area contributed by atoms with Crippen molar-refractivity contribution < 1.29 is 0 Å². The number of thioether (sulfide) groups is 1. The number of amidine groups is 1. The van der Waals surface area contributed by atoms with Crippen molar-refractivity contribution in [1.82, 2.24) is 5.43 Å². The van der Waals surface area contributed by atoms with Gasteiger partial charge in [0.2, 0.25) is 0 Å². The van der Waals surface area contributed by atoms with Crippen molar-refractivity contribution in [2.45, 2.75) is 26.3 Å². The van der Waals surface area contributed by atoms with E-state index in [1.165, 1.54) is 0 Å². The molecule has 1 N–H and O–H groups in total. The first kappa shape index (κ1) is 13.6. The second-order valence-corrected chi connectivity index (χ2v) is 6.94. The Morgan fingerprint density at radius 1 is 1.39 bits per heavy atom. The molecule has 2 rings (SSSR count). The van der Waals surface area contributed by atoms with Gasteiger partial charge in [-0.25, -0.2) is 0 Å². The molecule has 0 unspecified atom stereocenters. The lowest BCUT2D eigenvalue weighted by atomic mass is 10.1. The molecule has 0 fully saturated rings. The van der Waals surface area contributed by atoms with Gasteiger partial charge in [-0.1, -0.05) is 39.8 Å². The zero-order chi connectivity index (χ0) is 13.2. The van der Waals surface area contributed by atoms with Gasteiger partial charge >= 0.3 is 0 Å². The number of rotatable bonds is 1. The SMILES string of the molecule is CC(C)(C)N=C1NN=C(c2cccc(Br)c2)CS1. The molecule has 0 spiro atoms. The summed E-state index contributed by atoms with van der Waals surface area (Å²) in [4.78, 5) is 4.57. The monoisotopic (exact) mass is 325 g/mol. The molecule has 96 valence electrons. The summed E-state index contributed by atoms with van der Waals surface area (Å²) in [5, 5.41) is 5.29. The maximum Gasteiger partial charge on any atom is 0.178 e. The zero-order valence-electron chi connectivity index (χ0n) is 10.7. The van der Waals surface area contributed by atoms with Gasteiger partial charge < -0.3 is 0 Å². The van der Waals surface area contributed by atoms with Crippen molar-refractivity contribution >= 4 is 38.6 Å². The summed E-state index contributed by atoms with van der Waals surface area (Å²) in [5.41, 5.74) is 5.15. The van der Waals surface area contributed by atoms with Crippen LogP contribution in [0.5, 0.6) is 0 Å². The van der Waals surface area contributed by atoms with Crippen LogP contribution in [0.2, 0.25) is 0 Å². The summed E-state index contributed by atoms with van der Waals surface area (Å²) in [5.74, 6) is 0.846. The van der Waals surface area contributed by atoms with E-state index in [-0.39, 0.29) is 5.54 Å². The molecule has 0 aromatic heterocycles. The Balaban J connectivity index is 2.14. The Kier molecular flexibility index (Phi) is 4.12. The van der Waals surface area contributed by atoms with Crippen molar-refractivity contribution in [1.29, 1.82) is 0 Å². The fourth-order valence-electron chi connectivity index (χ4n) is 1.49. The molecule has 1 heterocycles. The quantitative estimate of drug-likeness (QED) is 0.855. The highest BCUT2D eigenvalue weighted by Crippen LogP contribution is 2.19. The van der Waals surface area contributed by atoms with E-state index in [1.54, 1.807) is 11.8 Å². The lowest BCUT2D eigenvalue weighted by Gasteiger charge is -2.19. The minimum Gasteiger partial charge on any atom is -0.256 e. The van der Waals surface area contributed by atoms with Crippen LogP contribution in [-0.4, -0.2) is 22.2 Å². The summed E-state index contributed by atoms with van der Waals surface area (Å²) in [6, 6.07) is 8.18. The van der Waals surface area contributed by atoms with E-state index in [4.69, 9.17) is 0 Å². The number of hydrazone groups is 1. The van der Waals surface area contributed by atoms with E-state index in [0.717, 1.165) is 26.7 Å². The smallest absolute Gasteiger partial charge is 0.178 e. The maximum absolute atomic E-state index is 4.57. The van der Waals surface area contributed by atoms with Crippen LogP contribution in [0, 0.1) is 0 Å². The van der Waals surface area contributed by atoms with Crippen LogP contribution in [0.25, 0.3) is 0 Å². The highest BCUT2D eigenvalue weighted by molar-refractivity contribution is 9.10. The van der Waals surface area contributed by atoms with Crippen LogP contribution in [0.4, 0.5) is 0 Å². The molecule has 1 aromatic rings. The Labute approximate surface area is 120 Å². The molecule has 0 radical (unpaired) electrons. The Morgan fingerprint density at radius 2 is 2.17 bits per heavy atom. The first-order chi connectivity index (χ1) is 8.44. The zero-order valence-corrected chi connectivity index (χ0v) is 13.1. The van der Waals surface area contributed by atoms with Gasteiger partial charge in [0.25, 0.3) is 0 Å². The van der Waals surface area contributed by atoms with Gasteiger partial charge in [0.05, 0.1) is 11.3 Å². The van der Waals surface area contributed by atoms with E-state index in [0.29, 0.717) is 0 Å². The third kappa shape index (κ3) is 3.85. The van der Waals surface area contributed by atoms with Crippen molar-refractivity contribution in [3.63, 3.8) is 0 Å². The molecule has 0 atom stereocenters. The molecule has 18 heavy (non-hydrogen) atoms. The molecular weight excluding hydrogens is 310 g/mol. The molecule has 1 aromatic carbocycles. The topological polar surface area (TPSA) is 36.8 Å². The van der Waals surface area contributed by atoms with Crippen molar-refractivity contribution in [3.05, 3.63) is 34.3 Å². The Bertz CT molecular complexity index is 503. The summed E-state index contributed by atoms with van der Waals surface area (Å²) in [6.07, 6.45) is 0. The van der Waals surface area contributed by atoms with Crippen molar-refractivity contribution in [2.24, 2.45) is 10.1 Å². The fraction of sp³-hybridized carbons (Fsp3) is 0.385. The van der Waals surface area contributed by atoms with Gasteiger partial charge in [-0.3, -0.25) is 10.4 Å². The normalized spacial score (nSPS) is 18.4. The van der Waals surface area contributed by atoms with Gasteiger partial charge in [-0.15, -0.1) is 0 Å². The lowest BCUT2D eigenvalue weighted by molar-refractivity contribution is 0.582. The molecule has 1 aliphatic rings. The van der Waals surface area contributed by atoms with E-state index in [1.807, 2.05) is 12.1 Å². The van der Waals surface area contributed by atoms with Crippen LogP contribution >= 0.6 is 27.7 Å². The highest BCUT2D eigenvalue weighted by Gasteiger charge is 2.16. The van der Waals surface area contributed by atoms with Crippen LogP contribution in [0.15, 0.2) is 38.8 Å². The lowest BCUT2D eigenvalue weighted by Crippen LogP contribution is -2.28. The van der Waals surface area contributed by atoms with Gasteiger partial charge in [-0.05, 0) is 38.5 Å². The molecule has 0 amide bonds. The summed E-state index contributed by atoms with van der Waals surface area (Å²) < 4.78 is 1.07. The van der Waals surface area contributed by atoms with Crippen LogP contribution in [-0.2, 0) is 0 Å². The summed E-state index contributed by atoms with van der Waals surface area (Å²) >= 11 is 5.17. The summed E-state index contributed by atoms with van der Waals surface area (Å²) in [6.45, 7) is 6.24. The standard InChI is InChI=1S/C13H16BrN3S/c1-13(2,3)15-12-17-16-11(8-18-12)9-5-4-6-10(14)7-9/h4-7H,8H2,1-3H3,(H,15,17). The molecule has 5 heteroatoms. The van der Waals surface area contributed by atoms with E-state index >= 15 is 0 Å². The van der Waals surface area contributed by atoms with Gasteiger partial charge in [-0.2, -0.15) is 5.10 Å². The number of nitrogens with zero attached hydrogens (tertiary/aromatic N) is 2. The molecule has 0 bridgehead atoms. The molecule has 0 aliphatic carbocycles. The van der Waals surface area contributed by atoms with Gasteiger partial charge in [0, 0.05) is 10.2 Å². The number of hydrogen-bond donors (Lipinski definition) is 1. The Hall–Kier alpha value is -0.810. The molecule has 0 saturated heterocycles. The van der Waals surface area contributed by atoms with E-state index in [9.17, 15) is 0 Å². The van der Waals surface area contributed by atoms with E-state index < -0.39 is 0 Å². The maximum atomic E-state index is 4.57. The average Bonchev–Trinajstić information content (AvgIpc) is 2.28. The third-order valence-electron chi connectivity index (χ3n) is 2.23. The third-order valence-corrected chi connectivity index (χ3v) is 3.59. The highest BCUT2D eigenvalue weighted by atomic mass is 79.9. The van der Waals surface area contributed by atoms with Crippen molar-refractivity contribution in [2.75, 3.05) is 5.75 Å². The average molecular weight is 326 g/mol. The number of aliphatic imine (C=N–C) groups is 1. The van der Waals surface area contributed by atoms with Crippen LogP contribution in [0.3, 0.4) is 0 Å². The Morgan fingerprint density at radius 3 is 2.72 bits per heavy atom. The number of hydrogen-bond acceptors (Lipinski definition) is 3. The van der Waals surface area contributed by atoms with Crippen molar-refractivity contribution in [3.8, 4) is 0 Å². The first-order valence-corrected chi connectivity index (χ1v) is 7.53. The largest absolute Gasteiger partial charge is 0.256 e. The number of halogens is 1. The van der Waals surface area contributed by atoms with E-state index in [2.05, 4.69) is 64.4 Å². The summed E-state index contributed by atoms with van der Waals surface area (Å²) in [7, 11) is 0. The fourth-order valence-corrected chi connectivity index (χ4v) is 2.85. The minimum atomic E-state index is -0.0713. The molecule has 3 nitrogen and oxygen atoms in total. The second-order valence-electron chi connectivity index (χ2n) is 5.06. The minimum absolute atomic E-state index is 0.0713. The number of nitrogens with one attached hydrogen (secondary N) is 1. The van der Waals surface area contributed by atoms with Crippen LogP contribution < -0.4 is 5.43 Å². The number of benzene rings is 1. The molecular formula is C13H16BrN3S. The molecule has 1 aliphatic heterocycles. The first-order valence-electron chi connectivity index (χ1n) is 5.75. The van der Waals surface area contributed by atoms with Gasteiger partial charge in [0.1, 0.15) is 0 Å².